The number of aromatic nitrogens is 2. The van der Waals surface area contributed by atoms with Crippen molar-refractivity contribution in [3.8, 4) is 16.9 Å². The van der Waals surface area contributed by atoms with Gasteiger partial charge in [-0.1, -0.05) is 66.7 Å². The molecule has 0 aliphatic carbocycles. The molecule has 6 rings (SSSR count). The van der Waals surface area contributed by atoms with Gasteiger partial charge in [-0.15, -0.1) is 11.8 Å². The molecule has 1 aromatic heterocycles. The number of hydrogen-bond acceptors (Lipinski definition) is 4. The van der Waals surface area contributed by atoms with E-state index in [0.29, 0.717) is 22.8 Å². The van der Waals surface area contributed by atoms with Crippen LogP contribution in [0.25, 0.3) is 16.9 Å². The second-order valence-corrected chi connectivity index (χ2v) is 11.4. The van der Waals surface area contributed by atoms with Crippen LogP contribution in [-0.2, 0) is 9.59 Å². The van der Waals surface area contributed by atoms with Gasteiger partial charge in [-0.2, -0.15) is 5.10 Å². The van der Waals surface area contributed by atoms with Gasteiger partial charge >= 0.3 is 0 Å². The quantitative estimate of drug-likeness (QED) is 0.225. The first-order valence-electron chi connectivity index (χ1n) is 13.8. The van der Waals surface area contributed by atoms with Crippen molar-refractivity contribution in [1.82, 2.24) is 9.78 Å². The maximum atomic E-state index is 15.4. The highest BCUT2D eigenvalue weighted by Gasteiger charge is 2.39. The highest BCUT2D eigenvalue weighted by atomic mass is 32.2. The van der Waals surface area contributed by atoms with Crippen LogP contribution in [0.15, 0.2) is 97.1 Å². The first kappa shape index (κ1) is 28.4. The van der Waals surface area contributed by atoms with E-state index in [1.807, 2.05) is 80.6 Å². The Bertz CT molecular complexity index is 1830. The van der Waals surface area contributed by atoms with Crippen LogP contribution in [0.3, 0.4) is 0 Å². The van der Waals surface area contributed by atoms with Crippen molar-refractivity contribution in [2.24, 2.45) is 0 Å². The van der Waals surface area contributed by atoms with Gasteiger partial charge in [0.25, 0.3) is 0 Å². The van der Waals surface area contributed by atoms with E-state index in [0.717, 1.165) is 28.4 Å². The molecule has 1 aliphatic heterocycles. The lowest BCUT2D eigenvalue weighted by atomic mass is 9.99. The zero-order valence-electron chi connectivity index (χ0n) is 23.6. The van der Waals surface area contributed by atoms with Crippen LogP contribution in [0.4, 0.5) is 20.3 Å². The molecule has 43 heavy (non-hydrogen) atoms. The Morgan fingerprint density at radius 2 is 1.67 bits per heavy atom. The number of thioether (sulfide) groups is 1. The average molecular weight is 595 g/mol. The average Bonchev–Trinajstić information content (AvgIpc) is 3.32. The van der Waals surface area contributed by atoms with E-state index in [4.69, 9.17) is 5.10 Å². The van der Waals surface area contributed by atoms with Crippen molar-refractivity contribution in [1.29, 1.82) is 0 Å². The number of halogens is 2. The molecule has 6 nitrogen and oxygen atoms in total. The summed E-state index contributed by atoms with van der Waals surface area (Å²) in [5, 5.41) is 7.21. The van der Waals surface area contributed by atoms with E-state index in [-0.39, 0.29) is 23.8 Å². The van der Waals surface area contributed by atoms with Gasteiger partial charge in [0.2, 0.25) is 11.8 Å². The number of nitrogens with one attached hydrogen (secondary N) is 1. The van der Waals surface area contributed by atoms with Crippen molar-refractivity contribution in [2.75, 3.05) is 22.5 Å². The van der Waals surface area contributed by atoms with Crippen molar-refractivity contribution in [2.45, 2.75) is 19.1 Å². The molecule has 4 aromatic carbocycles. The maximum absolute atomic E-state index is 15.4. The van der Waals surface area contributed by atoms with Gasteiger partial charge < -0.3 is 5.32 Å². The SMILES string of the molecule is Cc1cccc(-n2nc(-c3ccccc3)c3c2N(CC(=O)Nc2ccccc2)C(=O)CSC3c2ccc(F)cc2F)c1C. The molecule has 1 unspecified atom stereocenters. The summed E-state index contributed by atoms with van der Waals surface area (Å²) in [6, 6.07) is 27.7. The largest absolute Gasteiger partial charge is 0.325 e. The molecule has 1 aliphatic rings. The Labute approximate surface area is 252 Å². The normalized spacial score (nSPS) is 14.7. The zero-order chi connectivity index (χ0) is 30.1. The molecule has 0 fully saturated rings. The predicted octanol–water partition coefficient (Wildman–Crippen LogP) is 7.24. The highest BCUT2D eigenvalue weighted by molar-refractivity contribution is 8.00. The number of nitrogens with zero attached hydrogens (tertiary/aromatic N) is 3. The van der Waals surface area contributed by atoms with Gasteiger partial charge in [-0.3, -0.25) is 14.5 Å². The fourth-order valence-corrected chi connectivity index (χ4v) is 6.51. The monoisotopic (exact) mass is 594 g/mol. The van der Waals surface area contributed by atoms with E-state index in [2.05, 4.69) is 5.32 Å². The van der Waals surface area contributed by atoms with Gasteiger partial charge in [-0.25, -0.2) is 13.5 Å². The Kier molecular flexibility index (Phi) is 7.82. The van der Waals surface area contributed by atoms with E-state index in [1.165, 1.54) is 28.8 Å². The van der Waals surface area contributed by atoms with Crippen LogP contribution in [-0.4, -0.2) is 33.9 Å². The molecule has 0 radical (unpaired) electrons. The smallest absolute Gasteiger partial charge is 0.244 e. The third kappa shape index (κ3) is 5.56. The minimum atomic E-state index is -0.718. The summed E-state index contributed by atoms with van der Waals surface area (Å²) in [6.45, 7) is 3.67. The fraction of sp³-hybridized carbons (Fsp3) is 0.147. The topological polar surface area (TPSA) is 67.2 Å². The third-order valence-electron chi connectivity index (χ3n) is 7.54. The van der Waals surface area contributed by atoms with Crippen LogP contribution in [0.2, 0.25) is 0 Å². The minimum Gasteiger partial charge on any atom is -0.325 e. The minimum absolute atomic E-state index is 0.0319. The molecule has 9 heteroatoms. The number of anilines is 2. The highest BCUT2D eigenvalue weighted by Crippen LogP contribution is 2.49. The van der Waals surface area contributed by atoms with Crippen LogP contribution in [0.1, 0.15) is 27.5 Å². The number of benzene rings is 4. The van der Waals surface area contributed by atoms with Crippen LogP contribution < -0.4 is 10.2 Å². The second-order valence-electron chi connectivity index (χ2n) is 10.3. The van der Waals surface area contributed by atoms with E-state index in [9.17, 15) is 14.0 Å². The maximum Gasteiger partial charge on any atom is 0.244 e. The molecule has 216 valence electrons. The summed E-state index contributed by atoms with van der Waals surface area (Å²) in [7, 11) is 0. The molecule has 0 bridgehead atoms. The second kappa shape index (κ2) is 11.9. The van der Waals surface area contributed by atoms with Gasteiger partial charge in [0.15, 0.2) is 0 Å². The molecule has 1 N–H and O–H groups in total. The Balaban J connectivity index is 1.61. The zero-order valence-corrected chi connectivity index (χ0v) is 24.4. The third-order valence-corrected chi connectivity index (χ3v) is 8.78. The molecule has 1 atom stereocenters. The van der Waals surface area contributed by atoms with Gasteiger partial charge in [0.1, 0.15) is 24.0 Å². The summed E-state index contributed by atoms with van der Waals surface area (Å²) < 4.78 is 31.2. The lowest BCUT2D eigenvalue weighted by Gasteiger charge is -2.24. The van der Waals surface area contributed by atoms with Crippen LogP contribution in [0, 0.1) is 25.5 Å². The summed E-state index contributed by atoms with van der Waals surface area (Å²) in [5.74, 6) is -1.79. The first-order chi connectivity index (χ1) is 20.8. The van der Waals surface area contributed by atoms with Crippen molar-refractivity contribution < 1.29 is 18.4 Å². The Morgan fingerprint density at radius 1 is 0.953 bits per heavy atom. The molecule has 0 spiro atoms. The van der Waals surface area contributed by atoms with Crippen LogP contribution in [0.5, 0.6) is 0 Å². The number of hydrogen-bond donors (Lipinski definition) is 1. The molecular weight excluding hydrogens is 566 g/mol. The van der Waals surface area contributed by atoms with Crippen molar-refractivity contribution in [3.63, 3.8) is 0 Å². The van der Waals surface area contributed by atoms with Gasteiger partial charge in [0.05, 0.1) is 22.4 Å². The summed E-state index contributed by atoms with van der Waals surface area (Å²) >= 11 is 1.23. The van der Waals surface area contributed by atoms with Gasteiger partial charge in [0, 0.05) is 28.4 Å². The fourth-order valence-electron chi connectivity index (χ4n) is 5.29. The number of carbonyl (C=O) groups is 2. The standard InChI is InChI=1S/C34H28F2N4O2S/c1-21-10-9-15-28(22(21)2)40-34-31(32(38-40)23-11-5-3-6-12-23)33(26-17-16-24(35)18-27(26)36)43-20-30(42)39(34)19-29(41)37-25-13-7-4-8-14-25/h3-18,33H,19-20H2,1-2H3,(H,37,41). The lowest BCUT2D eigenvalue weighted by molar-refractivity contribution is -0.120. The number of rotatable bonds is 6. The molecule has 2 amide bonds. The summed E-state index contributed by atoms with van der Waals surface area (Å²) in [4.78, 5) is 28.7. The molecular formula is C34H28F2N4O2S. The number of amides is 2. The molecule has 2 heterocycles. The van der Waals surface area contributed by atoms with Gasteiger partial charge in [-0.05, 0) is 49.2 Å². The molecule has 5 aromatic rings. The van der Waals surface area contributed by atoms with E-state index in [1.54, 1.807) is 16.8 Å². The summed E-state index contributed by atoms with van der Waals surface area (Å²) in [5.41, 5.74) is 5.39. The number of fused-ring (bicyclic) bond motifs is 1. The van der Waals surface area contributed by atoms with E-state index >= 15 is 4.39 Å². The number of aryl methyl sites for hydroxylation is 1. The number of carbonyl (C=O) groups excluding carboxylic acids is 2. The lowest BCUT2D eigenvalue weighted by Crippen LogP contribution is -2.40. The Hall–Kier alpha value is -4.76. The Morgan fingerprint density at radius 3 is 2.40 bits per heavy atom. The van der Waals surface area contributed by atoms with Crippen LogP contribution >= 0.6 is 11.8 Å². The first-order valence-corrected chi connectivity index (χ1v) is 14.8. The van der Waals surface area contributed by atoms with Crippen molar-refractivity contribution >= 4 is 35.1 Å². The predicted molar refractivity (Wildman–Crippen MR) is 167 cm³/mol. The molecule has 0 saturated carbocycles. The summed E-state index contributed by atoms with van der Waals surface area (Å²) in [6.07, 6.45) is 0. The number of para-hydroxylation sites is 1. The van der Waals surface area contributed by atoms with Crippen molar-refractivity contribution in [3.05, 3.63) is 131 Å². The molecule has 0 saturated heterocycles. The van der Waals surface area contributed by atoms with E-state index < -0.39 is 22.8 Å².